The number of amides is 1. The molecule has 0 aliphatic heterocycles. The van der Waals surface area contributed by atoms with Crippen molar-refractivity contribution in [1.29, 1.82) is 0 Å². The molecule has 0 bridgehead atoms. The second kappa shape index (κ2) is 7.96. The number of nitrogens with zero attached hydrogens (tertiary/aromatic N) is 2. The van der Waals surface area contributed by atoms with Crippen molar-refractivity contribution in [2.45, 2.75) is 26.7 Å². The molecular weight excluding hydrogens is 194 g/mol. The highest BCUT2D eigenvalue weighted by atomic mass is 16.2. The Morgan fingerprint density at radius 2 is 2.13 bits per heavy atom. The minimum atomic E-state index is -0.319. The predicted molar refractivity (Wildman–Crippen MR) is 59.7 cm³/mol. The van der Waals surface area contributed by atoms with Crippen molar-refractivity contribution in [2.24, 2.45) is 4.99 Å². The van der Waals surface area contributed by atoms with E-state index in [0.717, 1.165) is 19.5 Å². The van der Waals surface area contributed by atoms with Crippen LogP contribution in [0.4, 0.5) is 0 Å². The molecule has 0 aromatic rings. The molecule has 0 rings (SSSR count). The third kappa shape index (κ3) is 5.15. The van der Waals surface area contributed by atoms with E-state index in [1.54, 1.807) is 7.05 Å². The van der Waals surface area contributed by atoms with Gasteiger partial charge in [-0.15, -0.1) is 0 Å². The fourth-order valence-corrected chi connectivity index (χ4v) is 1.21. The topological polar surface area (TPSA) is 61.8 Å². The Bertz CT molecular complexity index is 239. The number of aliphatic imine (C=N–C) groups is 1. The molecule has 0 saturated carbocycles. The minimum absolute atomic E-state index is 0.122. The van der Waals surface area contributed by atoms with Crippen molar-refractivity contribution in [2.75, 3.05) is 20.1 Å². The highest BCUT2D eigenvalue weighted by Gasteiger charge is 2.10. The summed E-state index contributed by atoms with van der Waals surface area (Å²) in [6.45, 7) is 5.67. The first-order chi connectivity index (χ1) is 7.19. The van der Waals surface area contributed by atoms with Crippen LogP contribution in [-0.2, 0) is 9.59 Å². The minimum Gasteiger partial charge on any atom is -0.343 e. The van der Waals surface area contributed by atoms with Gasteiger partial charge in [-0.05, 0) is 13.3 Å². The van der Waals surface area contributed by atoms with E-state index >= 15 is 0 Å². The van der Waals surface area contributed by atoms with Gasteiger partial charge in [0.2, 0.25) is 5.91 Å². The third-order valence-electron chi connectivity index (χ3n) is 1.91. The summed E-state index contributed by atoms with van der Waals surface area (Å²) in [6, 6.07) is 0. The lowest BCUT2D eigenvalue weighted by Crippen LogP contribution is -2.44. The van der Waals surface area contributed by atoms with Gasteiger partial charge in [0.25, 0.3) is 0 Å². The van der Waals surface area contributed by atoms with Crippen molar-refractivity contribution in [3.05, 3.63) is 0 Å². The maximum Gasteiger partial charge on any atom is 0.233 e. The number of rotatable bonds is 5. The van der Waals surface area contributed by atoms with Crippen LogP contribution in [0.1, 0.15) is 26.7 Å². The molecule has 0 radical (unpaired) electrons. The maximum absolute atomic E-state index is 11.2. The molecular formula is C10H19N3O2. The summed E-state index contributed by atoms with van der Waals surface area (Å²) in [7, 11) is 1.62. The van der Waals surface area contributed by atoms with Gasteiger partial charge in [-0.2, -0.15) is 0 Å². The first kappa shape index (κ1) is 13.6. The fourth-order valence-electron chi connectivity index (χ4n) is 1.21. The van der Waals surface area contributed by atoms with E-state index in [1.165, 1.54) is 0 Å². The van der Waals surface area contributed by atoms with E-state index in [4.69, 9.17) is 0 Å². The molecule has 0 atom stereocenters. The summed E-state index contributed by atoms with van der Waals surface area (Å²) in [5, 5.41) is 2.61. The largest absolute Gasteiger partial charge is 0.343 e. The molecule has 5 nitrogen and oxygen atoms in total. The van der Waals surface area contributed by atoms with Crippen LogP contribution < -0.4 is 5.32 Å². The first-order valence-electron chi connectivity index (χ1n) is 5.14. The number of hydrogen-bond donors (Lipinski definition) is 1. The third-order valence-corrected chi connectivity index (χ3v) is 1.91. The summed E-state index contributed by atoms with van der Waals surface area (Å²) in [4.78, 5) is 27.3. The van der Waals surface area contributed by atoms with Crippen LogP contribution in [0, 0.1) is 0 Å². The number of carbonyl (C=O) groups excluding carboxylic acids is 2. The average Bonchev–Trinajstić information content (AvgIpc) is 2.23. The van der Waals surface area contributed by atoms with Crippen LogP contribution >= 0.6 is 0 Å². The molecule has 0 saturated heterocycles. The zero-order valence-corrected chi connectivity index (χ0v) is 9.62. The summed E-state index contributed by atoms with van der Waals surface area (Å²) < 4.78 is 0. The van der Waals surface area contributed by atoms with Crippen LogP contribution in [0.5, 0.6) is 0 Å². The quantitative estimate of drug-likeness (QED) is 0.311. The van der Waals surface area contributed by atoms with Gasteiger partial charge in [0, 0.05) is 20.1 Å². The molecule has 0 fully saturated rings. The predicted octanol–water partition coefficient (Wildman–Crippen LogP) is 0.409. The zero-order valence-electron chi connectivity index (χ0n) is 9.62. The molecule has 86 valence electrons. The Morgan fingerprint density at radius 3 is 2.53 bits per heavy atom. The zero-order chi connectivity index (χ0) is 11.7. The van der Waals surface area contributed by atoms with Crippen LogP contribution in [0.15, 0.2) is 4.99 Å². The lowest BCUT2D eigenvalue weighted by Gasteiger charge is -2.23. The number of nitrogens with one attached hydrogen (secondary N) is 1. The Kier molecular flexibility index (Phi) is 7.23. The second-order valence-electron chi connectivity index (χ2n) is 3.05. The molecule has 1 N–H and O–H groups in total. The van der Waals surface area contributed by atoms with Crippen LogP contribution in [0.2, 0.25) is 0 Å². The Balaban J connectivity index is 4.34. The van der Waals surface area contributed by atoms with Crippen molar-refractivity contribution in [1.82, 2.24) is 10.2 Å². The second-order valence-corrected chi connectivity index (χ2v) is 3.05. The van der Waals surface area contributed by atoms with Gasteiger partial charge < -0.3 is 9.69 Å². The molecule has 0 spiro atoms. The summed E-state index contributed by atoms with van der Waals surface area (Å²) in [5.74, 6) is 0.214. The lowest BCUT2D eigenvalue weighted by atomic mass is 10.4. The van der Waals surface area contributed by atoms with Gasteiger partial charge in [-0.3, -0.25) is 15.1 Å². The fraction of sp³-hybridized carbons (Fsp3) is 0.700. The number of carbonyl (C=O) groups is 2. The van der Waals surface area contributed by atoms with Crippen molar-refractivity contribution >= 4 is 18.2 Å². The number of aldehydes is 1. The molecule has 0 aliphatic carbocycles. The van der Waals surface area contributed by atoms with Gasteiger partial charge in [0.1, 0.15) is 6.29 Å². The van der Waals surface area contributed by atoms with Crippen LogP contribution in [-0.4, -0.2) is 43.2 Å². The molecule has 0 unspecified atom stereocenters. The molecule has 0 aromatic heterocycles. The van der Waals surface area contributed by atoms with E-state index in [2.05, 4.69) is 17.2 Å². The highest BCUT2D eigenvalue weighted by Crippen LogP contribution is 1.92. The molecule has 1 amide bonds. The van der Waals surface area contributed by atoms with Gasteiger partial charge in [-0.25, -0.2) is 0 Å². The van der Waals surface area contributed by atoms with Crippen LogP contribution in [0.25, 0.3) is 0 Å². The summed E-state index contributed by atoms with van der Waals surface area (Å²) >= 11 is 0. The summed E-state index contributed by atoms with van der Waals surface area (Å²) in [6.07, 6.45) is 1.44. The Labute approximate surface area is 90.6 Å². The van der Waals surface area contributed by atoms with E-state index < -0.39 is 0 Å². The van der Waals surface area contributed by atoms with E-state index in [0.29, 0.717) is 12.2 Å². The smallest absolute Gasteiger partial charge is 0.233 e. The van der Waals surface area contributed by atoms with Gasteiger partial charge >= 0.3 is 0 Å². The maximum atomic E-state index is 11.2. The highest BCUT2D eigenvalue weighted by molar-refractivity contribution is 6.01. The van der Waals surface area contributed by atoms with E-state index in [9.17, 15) is 9.59 Å². The Morgan fingerprint density at radius 1 is 1.47 bits per heavy atom. The Hall–Kier alpha value is -1.39. The summed E-state index contributed by atoms with van der Waals surface area (Å²) in [5.41, 5.74) is 0. The molecule has 0 heterocycles. The molecule has 5 heteroatoms. The molecule has 0 aromatic carbocycles. The SMILES string of the molecule is CCCN(CC)C(=NC)NC(=O)CC=O. The molecule has 15 heavy (non-hydrogen) atoms. The van der Waals surface area contributed by atoms with Gasteiger partial charge in [-0.1, -0.05) is 6.92 Å². The number of guanidine groups is 1. The van der Waals surface area contributed by atoms with E-state index in [-0.39, 0.29) is 12.3 Å². The normalized spacial score (nSPS) is 11.0. The number of hydrogen-bond acceptors (Lipinski definition) is 3. The van der Waals surface area contributed by atoms with Crippen molar-refractivity contribution in [3.8, 4) is 0 Å². The van der Waals surface area contributed by atoms with E-state index in [1.807, 2.05) is 11.8 Å². The standard InChI is InChI=1S/C10H19N3O2/c1-4-7-13(5-2)10(11-3)12-9(15)6-8-14/h8H,4-7H2,1-3H3,(H,11,12,15). The molecule has 0 aliphatic rings. The van der Waals surface area contributed by atoms with Crippen LogP contribution in [0.3, 0.4) is 0 Å². The van der Waals surface area contributed by atoms with Crippen molar-refractivity contribution in [3.63, 3.8) is 0 Å². The monoisotopic (exact) mass is 213 g/mol. The first-order valence-corrected chi connectivity index (χ1v) is 5.14. The lowest BCUT2D eigenvalue weighted by molar-refractivity contribution is -0.122. The van der Waals surface area contributed by atoms with Gasteiger partial charge in [0.15, 0.2) is 5.96 Å². The van der Waals surface area contributed by atoms with Crippen molar-refractivity contribution < 1.29 is 9.59 Å². The van der Waals surface area contributed by atoms with Gasteiger partial charge in [0.05, 0.1) is 6.42 Å². The average molecular weight is 213 g/mol.